The lowest BCUT2D eigenvalue weighted by Crippen LogP contribution is -3.12. The lowest BCUT2D eigenvalue weighted by atomic mass is 9.78. The van der Waals surface area contributed by atoms with Crippen LogP contribution in [0.2, 0.25) is 0 Å². The highest BCUT2D eigenvalue weighted by atomic mass is 79.9. The lowest BCUT2D eigenvalue weighted by Gasteiger charge is -2.36. The highest BCUT2D eigenvalue weighted by Gasteiger charge is 2.48. The first-order chi connectivity index (χ1) is 9.34. The van der Waals surface area contributed by atoms with E-state index in [1.807, 2.05) is 18.2 Å². The van der Waals surface area contributed by atoms with Crippen LogP contribution in [0.15, 0.2) is 22.7 Å². The molecule has 110 valence electrons. The fourth-order valence-electron chi connectivity index (χ4n) is 3.05. The highest BCUT2D eigenvalue weighted by molar-refractivity contribution is 9.10. The number of Topliss-reactive ketones (excluding diaryl/α,β-unsaturated/α-hetero) is 1. The molecule has 2 N–H and O–H groups in total. The number of nitrogens with one attached hydrogen (secondary N) is 2. The monoisotopic (exact) mass is 342 g/mol. The van der Waals surface area contributed by atoms with Gasteiger partial charge in [-0.15, -0.1) is 0 Å². The Morgan fingerprint density at radius 1 is 1.20 bits per heavy atom. The zero-order valence-corrected chi connectivity index (χ0v) is 14.1. The van der Waals surface area contributed by atoms with Crippen molar-refractivity contribution >= 4 is 21.7 Å². The molecule has 0 aromatic heterocycles. The molecule has 1 aliphatic heterocycles. The molecule has 1 aliphatic rings. The number of rotatable bonds is 4. The zero-order valence-electron chi connectivity index (χ0n) is 12.5. The van der Waals surface area contributed by atoms with Crippen LogP contribution in [0, 0.1) is 5.41 Å². The average Bonchev–Trinajstić information content (AvgIpc) is 2.33. The molecule has 20 heavy (non-hydrogen) atoms. The second-order valence-corrected chi connectivity index (χ2v) is 7.22. The van der Waals surface area contributed by atoms with Crippen LogP contribution in [0.1, 0.15) is 10.4 Å². The van der Waals surface area contributed by atoms with E-state index in [2.05, 4.69) is 44.1 Å². The number of hydrogen-bond acceptors (Lipinski definition) is 2. The van der Waals surface area contributed by atoms with Gasteiger partial charge in [0.2, 0.25) is 0 Å². The van der Waals surface area contributed by atoms with E-state index in [4.69, 9.17) is 4.74 Å². The number of carbonyl (C=O) groups is 1. The van der Waals surface area contributed by atoms with E-state index in [1.54, 1.807) is 0 Å². The van der Waals surface area contributed by atoms with E-state index in [0.29, 0.717) is 17.9 Å². The summed E-state index contributed by atoms with van der Waals surface area (Å²) in [6.07, 6.45) is 0. The molecule has 0 radical (unpaired) electrons. The van der Waals surface area contributed by atoms with Crippen molar-refractivity contribution in [3.63, 3.8) is 0 Å². The van der Waals surface area contributed by atoms with Gasteiger partial charge in [-0.1, -0.05) is 15.9 Å². The third kappa shape index (κ3) is 3.05. The van der Waals surface area contributed by atoms with E-state index in [-0.39, 0.29) is 5.78 Å². The smallest absolute Gasteiger partial charge is 0.187 e. The van der Waals surface area contributed by atoms with Gasteiger partial charge in [-0.3, -0.25) is 4.79 Å². The second-order valence-electron chi connectivity index (χ2n) is 6.31. The summed E-state index contributed by atoms with van der Waals surface area (Å²) in [5.74, 6) is 0.916. The summed E-state index contributed by atoms with van der Waals surface area (Å²) in [6.45, 7) is 2.03. The number of hydrogen-bond donors (Lipinski definition) is 2. The van der Waals surface area contributed by atoms with Crippen molar-refractivity contribution in [1.82, 2.24) is 0 Å². The van der Waals surface area contributed by atoms with Crippen molar-refractivity contribution in [3.8, 4) is 5.75 Å². The van der Waals surface area contributed by atoms with Crippen LogP contribution in [0.25, 0.3) is 0 Å². The Labute approximate surface area is 128 Å². The lowest BCUT2D eigenvalue weighted by molar-refractivity contribution is -0.890. The molecule has 0 spiro atoms. The van der Waals surface area contributed by atoms with Crippen molar-refractivity contribution in [2.75, 3.05) is 47.9 Å². The van der Waals surface area contributed by atoms with Gasteiger partial charge in [-0.05, 0) is 18.2 Å². The Hall–Kier alpha value is -0.910. The van der Waals surface area contributed by atoms with E-state index >= 15 is 0 Å². The first-order valence-corrected chi connectivity index (χ1v) is 7.68. The maximum absolute atomic E-state index is 13.0. The van der Waals surface area contributed by atoms with Crippen molar-refractivity contribution in [2.45, 2.75) is 0 Å². The van der Waals surface area contributed by atoms with Gasteiger partial charge in [-0.2, -0.15) is 0 Å². The molecule has 0 bridgehead atoms. The number of halogens is 1. The maximum atomic E-state index is 13.0. The Morgan fingerprint density at radius 2 is 1.80 bits per heavy atom. The molecule has 0 amide bonds. The summed E-state index contributed by atoms with van der Waals surface area (Å²) in [6, 6.07) is 5.65. The molecule has 1 aromatic carbocycles. The zero-order chi connectivity index (χ0) is 14.9. The van der Waals surface area contributed by atoms with Gasteiger partial charge < -0.3 is 14.5 Å². The fourth-order valence-corrected chi connectivity index (χ4v) is 3.41. The van der Waals surface area contributed by atoms with Gasteiger partial charge in [0.05, 0.1) is 46.8 Å². The van der Waals surface area contributed by atoms with Gasteiger partial charge in [0.1, 0.15) is 12.4 Å². The first-order valence-electron chi connectivity index (χ1n) is 6.89. The van der Waals surface area contributed by atoms with Crippen LogP contribution in [0.5, 0.6) is 5.75 Å². The molecule has 0 fully saturated rings. The molecule has 4 nitrogen and oxygen atoms in total. The van der Waals surface area contributed by atoms with Crippen LogP contribution in [-0.2, 0) is 0 Å². The largest absolute Gasteiger partial charge is 0.491 e. The van der Waals surface area contributed by atoms with Crippen LogP contribution >= 0.6 is 15.9 Å². The maximum Gasteiger partial charge on any atom is 0.187 e. The number of quaternary nitrogens is 2. The first kappa shape index (κ1) is 15.5. The van der Waals surface area contributed by atoms with E-state index in [9.17, 15) is 4.79 Å². The van der Waals surface area contributed by atoms with E-state index in [0.717, 1.165) is 17.6 Å². The van der Waals surface area contributed by atoms with Crippen molar-refractivity contribution < 1.29 is 19.3 Å². The minimum Gasteiger partial charge on any atom is -0.491 e. The number of benzene rings is 1. The van der Waals surface area contributed by atoms with Crippen molar-refractivity contribution in [3.05, 3.63) is 28.2 Å². The third-order valence-electron chi connectivity index (χ3n) is 3.56. The van der Waals surface area contributed by atoms with Crippen LogP contribution < -0.4 is 14.5 Å². The van der Waals surface area contributed by atoms with Crippen LogP contribution in [0.4, 0.5) is 0 Å². The highest BCUT2D eigenvalue weighted by Crippen LogP contribution is 2.34. The number of ether oxygens (including phenoxy) is 1. The fraction of sp³-hybridized carbons (Fsp3) is 0.533. The predicted molar refractivity (Wildman–Crippen MR) is 81.8 cm³/mol. The standard InChI is InChI=1S/C15H21BrN2O2/c1-17(2)8-15(9-18(3)4)10-20-13-6-5-11(16)7-12(13)14(15)19/h5-7H,8-10H2,1-4H3/p+2. The van der Waals surface area contributed by atoms with Gasteiger partial charge in [0, 0.05) is 4.47 Å². The molecule has 1 heterocycles. The summed E-state index contributed by atoms with van der Waals surface area (Å²) < 4.78 is 6.81. The minimum absolute atomic E-state index is 0.211. The molecule has 0 saturated heterocycles. The summed E-state index contributed by atoms with van der Waals surface area (Å²) >= 11 is 3.44. The Bertz CT molecular complexity index is 505. The van der Waals surface area contributed by atoms with Gasteiger partial charge in [-0.25, -0.2) is 0 Å². The molecule has 0 aliphatic carbocycles. The third-order valence-corrected chi connectivity index (χ3v) is 4.05. The van der Waals surface area contributed by atoms with Gasteiger partial charge in [0.25, 0.3) is 0 Å². The van der Waals surface area contributed by atoms with Gasteiger partial charge in [0.15, 0.2) is 11.2 Å². The van der Waals surface area contributed by atoms with Crippen molar-refractivity contribution in [1.29, 1.82) is 0 Å². The summed E-state index contributed by atoms with van der Waals surface area (Å²) in [5.41, 5.74) is 0.263. The second kappa shape index (κ2) is 5.84. The predicted octanol–water partition coefficient (Wildman–Crippen LogP) is -0.700. The number of fused-ring (bicyclic) bond motifs is 1. The van der Waals surface area contributed by atoms with E-state index < -0.39 is 5.41 Å². The summed E-state index contributed by atoms with van der Waals surface area (Å²) in [4.78, 5) is 15.6. The molecule has 2 rings (SSSR count). The van der Waals surface area contributed by atoms with Crippen LogP contribution in [-0.4, -0.2) is 53.7 Å². The Balaban J connectivity index is 2.42. The molecule has 0 atom stereocenters. The Morgan fingerprint density at radius 3 is 2.35 bits per heavy atom. The molecule has 1 aromatic rings. The minimum atomic E-state index is -0.439. The average molecular weight is 343 g/mol. The topological polar surface area (TPSA) is 35.2 Å². The summed E-state index contributed by atoms with van der Waals surface area (Å²) in [5, 5.41) is 0. The molecule has 0 unspecified atom stereocenters. The normalized spacial score (nSPS) is 17.2. The number of ketones is 1. The quantitative estimate of drug-likeness (QED) is 0.759. The molecule has 0 saturated carbocycles. The summed E-state index contributed by atoms with van der Waals surface area (Å²) in [7, 11) is 8.32. The molecular formula is C15H23BrN2O2+2. The molecular weight excluding hydrogens is 320 g/mol. The molecule has 5 heteroatoms. The van der Waals surface area contributed by atoms with Crippen molar-refractivity contribution in [2.24, 2.45) is 5.41 Å². The Kier molecular flexibility index (Phi) is 4.52. The SMILES string of the molecule is C[NH+](C)CC1(C[NH+](C)C)COc2ccc(Br)cc2C1=O. The van der Waals surface area contributed by atoms with E-state index in [1.165, 1.54) is 9.80 Å². The van der Waals surface area contributed by atoms with Gasteiger partial charge >= 0.3 is 0 Å². The van der Waals surface area contributed by atoms with Crippen LogP contribution in [0.3, 0.4) is 0 Å². The number of carbonyl (C=O) groups excluding carboxylic acids is 1.